The van der Waals surface area contributed by atoms with Gasteiger partial charge in [-0.1, -0.05) is 6.92 Å². The maximum atomic E-state index is 12.3. The van der Waals surface area contributed by atoms with Crippen LogP contribution in [0.4, 0.5) is 0 Å². The van der Waals surface area contributed by atoms with Crippen LogP contribution in [-0.4, -0.2) is 43.0 Å². The lowest BCUT2D eigenvalue weighted by Gasteiger charge is -2.33. The van der Waals surface area contributed by atoms with E-state index in [9.17, 15) is 9.59 Å². The van der Waals surface area contributed by atoms with Gasteiger partial charge in [-0.25, -0.2) is 0 Å². The normalized spacial score (nSPS) is 21.0. The average molecular weight is 270 g/mol. The molecule has 1 saturated heterocycles. The molecule has 0 aliphatic carbocycles. The molecular weight excluding hydrogens is 244 g/mol. The lowest BCUT2D eigenvalue weighted by molar-refractivity contribution is -0.151. The lowest BCUT2D eigenvalue weighted by atomic mass is 9.96. The topological polar surface area (TPSA) is 72.6 Å². The summed E-state index contributed by atoms with van der Waals surface area (Å²) in [6, 6.07) is 0. The van der Waals surface area contributed by atoms with Crippen molar-refractivity contribution in [1.82, 2.24) is 4.90 Å². The molecule has 1 aliphatic rings. The van der Waals surface area contributed by atoms with Crippen LogP contribution in [-0.2, 0) is 14.3 Å². The van der Waals surface area contributed by atoms with Crippen molar-refractivity contribution in [3.63, 3.8) is 0 Å². The van der Waals surface area contributed by atoms with Crippen LogP contribution in [0.25, 0.3) is 0 Å². The van der Waals surface area contributed by atoms with E-state index in [1.807, 2.05) is 11.8 Å². The number of hydrogen-bond acceptors (Lipinski definition) is 4. The molecule has 0 saturated carbocycles. The second kappa shape index (κ2) is 8.15. The highest BCUT2D eigenvalue weighted by atomic mass is 16.5. The summed E-state index contributed by atoms with van der Waals surface area (Å²) in [6.07, 6.45) is 3.37. The molecule has 0 aromatic heterocycles. The lowest BCUT2D eigenvalue weighted by Crippen LogP contribution is -2.44. The predicted octanol–water partition coefficient (Wildman–Crippen LogP) is 1.16. The fraction of sp³-hybridized carbons (Fsp3) is 0.857. The second-order valence-electron chi connectivity index (χ2n) is 5.21. The third-order valence-corrected chi connectivity index (χ3v) is 3.62. The smallest absolute Gasteiger partial charge is 0.310 e. The summed E-state index contributed by atoms with van der Waals surface area (Å²) in [5, 5.41) is 0. The van der Waals surface area contributed by atoms with Gasteiger partial charge in [0.15, 0.2) is 0 Å². The van der Waals surface area contributed by atoms with Gasteiger partial charge in [-0.3, -0.25) is 9.59 Å². The number of hydrogen-bond donors (Lipinski definition) is 1. The van der Waals surface area contributed by atoms with Crippen molar-refractivity contribution in [2.45, 2.75) is 39.5 Å². The van der Waals surface area contributed by atoms with E-state index in [2.05, 4.69) is 0 Å². The monoisotopic (exact) mass is 270 g/mol. The second-order valence-corrected chi connectivity index (χ2v) is 5.21. The summed E-state index contributed by atoms with van der Waals surface area (Å²) < 4.78 is 5.04. The summed E-state index contributed by atoms with van der Waals surface area (Å²) >= 11 is 0. The summed E-state index contributed by atoms with van der Waals surface area (Å²) in [4.78, 5) is 25.8. The highest BCUT2D eigenvalue weighted by Crippen LogP contribution is 2.20. The zero-order chi connectivity index (χ0) is 14.3. The number of piperidine rings is 1. The van der Waals surface area contributed by atoms with Gasteiger partial charge in [-0.2, -0.15) is 0 Å². The van der Waals surface area contributed by atoms with Gasteiger partial charge in [-0.05, 0) is 39.2 Å². The largest absolute Gasteiger partial charge is 0.466 e. The number of carbonyl (C=O) groups excluding carboxylic acids is 2. The van der Waals surface area contributed by atoms with Crippen molar-refractivity contribution >= 4 is 11.9 Å². The minimum Gasteiger partial charge on any atom is -0.466 e. The number of rotatable bonds is 6. The molecule has 1 aliphatic heterocycles. The molecule has 0 bridgehead atoms. The fourth-order valence-corrected chi connectivity index (χ4v) is 2.49. The van der Waals surface area contributed by atoms with Crippen LogP contribution in [0.15, 0.2) is 0 Å². The van der Waals surface area contributed by atoms with Crippen LogP contribution in [0.1, 0.15) is 39.5 Å². The number of carbonyl (C=O) groups is 2. The third-order valence-electron chi connectivity index (χ3n) is 3.62. The van der Waals surface area contributed by atoms with Crippen molar-refractivity contribution in [2.75, 3.05) is 26.2 Å². The molecule has 1 heterocycles. The van der Waals surface area contributed by atoms with Gasteiger partial charge >= 0.3 is 5.97 Å². The molecule has 5 heteroatoms. The van der Waals surface area contributed by atoms with Crippen molar-refractivity contribution in [3.8, 4) is 0 Å². The molecule has 0 aromatic rings. The molecule has 2 N–H and O–H groups in total. The molecule has 0 spiro atoms. The van der Waals surface area contributed by atoms with E-state index in [-0.39, 0.29) is 23.7 Å². The van der Waals surface area contributed by atoms with Crippen LogP contribution < -0.4 is 5.73 Å². The Labute approximate surface area is 115 Å². The standard InChI is InChI=1S/C14H26N2O3/c1-3-19-14(18)12-7-5-9-16(10-12)13(17)11(2)6-4-8-15/h11-12H,3-10,15H2,1-2H3. The molecule has 110 valence electrons. The van der Waals surface area contributed by atoms with Gasteiger partial charge in [0.2, 0.25) is 5.91 Å². The Morgan fingerprint density at radius 1 is 1.47 bits per heavy atom. The molecule has 5 nitrogen and oxygen atoms in total. The van der Waals surface area contributed by atoms with Gasteiger partial charge in [0.25, 0.3) is 0 Å². The Morgan fingerprint density at radius 2 is 2.21 bits per heavy atom. The number of amides is 1. The molecular formula is C14H26N2O3. The molecule has 2 atom stereocenters. The number of likely N-dealkylation sites (tertiary alicyclic amines) is 1. The Morgan fingerprint density at radius 3 is 2.84 bits per heavy atom. The number of nitrogens with two attached hydrogens (primary N) is 1. The van der Waals surface area contributed by atoms with Crippen molar-refractivity contribution in [3.05, 3.63) is 0 Å². The van der Waals surface area contributed by atoms with E-state index in [0.717, 1.165) is 32.2 Å². The molecule has 1 amide bonds. The van der Waals surface area contributed by atoms with Crippen molar-refractivity contribution < 1.29 is 14.3 Å². The van der Waals surface area contributed by atoms with Crippen LogP contribution in [0.3, 0.4) is 0 Å². The van der Waals surface area contributed by atoms with Gasteiger partial charge in [0.05, 0.1) is 12.5 Å². The number of ether oxygens (including phenoxy) is 1. The number of nitrogens with zero attached hydrogens (tertiary/aromatic N) is 1. The zero-order valence-electron chi connectivity index (χ0n) is 12.1. The van der Waals surface area contributed by atoms with Crippen molar-refractivity contribution in [2.24, 2.45) is 17.6 Å². The van der Waals surface area contributed by atoms with Crippen molar-refractivity contribution in [1.29, 1.82) is 0 Å². The molecule has 19 heavy (non-hydrogen) atoms. The Bertz CT molecular complexity index is 307. The van der Waals surface area contributed by atoms with Gasteiger partial charge in [-0.15, -0.1) is 0 Å². The highest BCUT2D eigenvalue weighted by Gasteiger charge is 2.30. The zero-order valence-corrected chi connectivity index (χ0v) is 12.1. The van der Waals surface area contributed by atoms with Gasteiger partial charge in [0, 0.05) is 19.0 Å². The predicted molar refractivity (Wildman–Crippen MR) is 73.4 cm³/mol. The summed E-state index contributed by atoms with van der Waals surface area (Å²) in [5.41, 5.74) is 5.46. The van der Waals surface area contributed by atoms with E-state index in [1.54, 1.807) is 6.92 Å². The van der Waals surface area contributed by atoms with Crippen LogP contribution in [0.5, 0.6) is 0 Å². The molecule has 1 rings (SSSR count). The molecule has 0 aromatic carbocycles. The highest BCUT2D eigenvalue weighted by molar-refractivity contribution is 5.80. The average Bonchev–Trinajstić information content (AvgIpc) is 2.44. The summed E-state index contributed by atoms with van der Waals surface area (Å²) in [5.74, 6) is -0.194. The minimum atomic E-state index is -0.172. The van der Waals surface area contributed by atoms with Crippen LogP contribution >= 0.6 is 0 Å². The van der Waals surface area contributed by atoms with Gasteiger partial charge in [0.1, 0.15) is 0 Å². The quantitative estimate of drug-likeness (QED) is 0.735. The first kappa shape index (κ1) is 16.0. The van der Waals surface area contributed by atoms with Gasteiger partial charge < -0.3 is 15.4 Å². The SMILES string of the molecule is CCOC(=O)C1CCCN(C(=O)C(C)CCCN)C1. The first-order chi connectivity index (χ1) is 9.10. The van der Waals surface area contributed by atoms with E-state index < -0.39 is 0 Å². The first-order valence-corrected chi connectivity index (χ1v) is 7.25. The summed E-state index contributed by atoms with van der Waals surface area (Å²) in [6.45, 7) is 6.01. The Balaban J connectivity index is 2.49. The Hall–Kier alpha value is -1.10. The van der Waals surface area contributed by atoms with E-state index in [1.165, 1.54) is 0 Å². The van der Waals surface area contributed by atoms with Crippen LogP contribution in [0.2, 0.25) is 0 Å². The first-order valence-electron chi connectivity index (χ1n) is 7.25. The summed E-state index contributed by atoms with van der Waals surface area (Å²) in [7, 11) is 0. The fourth-order valence-electron chi connectivity index (χ4n) is 2.49. The van der Waals surface area contributed by atoms with E-state index >= 15 is 0 Å². The maximum Gasteiger partial charge on any atom is 0.310 e. The Kier molecular flexibility index (Phi) is 6.84. The van der Waals surface area contributed by atoms with Crippen LogP contribution in [0, 0.1) is 11.8 Å². The third kappa shape index (κ3) is 4.82. The van der Waals surface area contributed by atoms with E-state index in [4.69, 9.17) is 10.5 Å². The van der Waals surface area contributed by atoms with E-state index in [0.29, 0.717) is 19.7 Å². The molecule has 0 radical (unpaired) electrons. The number of esters is 1. The maximum absolute atomic E-state index is 12.3. The molecule has 2 unspecified atom stereocenters. The molecule has 1 fully saturated rings. The minimum absolute atomic E-state index is 0.00973.